The van der Waals surface area contributed by atoms with Gasteiger partial charge < -0.3 is 4.98 Å². The summed E-state index contributed by atoms with van der Waals surface area (Å²) in [7, 11) is 0. The molecule has 0 aliphatic carbocycles. The normalized spacial score (nSPS) is 12.7. The Morgan fingerprint density at radius 1 is 1.39 bits per heavy atom. The van der Waals surface area contributed by atoms with Gasteiger partial charge in [0.2, 0.25) is 4.77 Å². The van der Waals surface area contributed by atoms with Crippen LogP contribution in [0.4, 0.5) is 0 Å². The molecule has 1 heterocycles. The van der Waals surface area contributed by atoms with Gasteiger partial charge in [-0.05, 0) is 63.4 Å². The topological polar surface area (TPSA) is 50.1 Å². The largest absolute Gasteiger partial charge is 0.330 e. The van der Waals surface area contributed by atoms with E-state index in [1.807, 2.05) is 18.2 Å². The van der Waals surface area contributed by atoms with Gasteiger partial charge in [-0.25, -0.2) is 0 Å². The monoisotopic (exact) mass is 329 g/mol. The first kappa shape index (κ1) is 17.3. The molecule has 0 aliphatic heterocycles. The number of hydrogen-bond acceptors (Lipinski definition) is 3. The molecule has 0 saturated carbocycles. The van der Waals surface area contributed by atoms with Crippen molar-refractivity contribution < 1.29 is 0 Å². The quantitative estimate of drug-likeness (QED) is 0.476. The first-order chi connectivity index (χ1) is 11.0. The van der Waals surface area contributed by atoms with E-state index >= 15 is 0 Å². The highest BCUT2D eigenvalue weighted by Crippen LogP contribution is 2.10. The van der Waals surface area contributed by atoms with E-state index in [0.717, 1.165) is 24.8 Å². The highest BCUT2D eigenvalue weighted by Gasteiger charge is 2.04. The van der Waals surface area contributed by atoms with Crippen molar-refractivity contribution in [3.8, 4) is 0 Å². The molecule has 1 aromatic carbocycles. The van der Waals surface area contributed by atoms with E-state index in [4.69, 9.17) is 12.2 Å². The lowest BCUT2D eigenvalue weighted by Crippen LogP contribution is -2.18. The molecule has 1 aromatic heterocycles. The summed E-state index contributed by atoms with van der Waals surface area (Å²) >= 11 is 5.23. The van der Waals surface area contributed by atoms with Gasteiger partial charge in [-0.2, -0.15) is 9.78 Å². The van der Waals surface area contributed by atoms with E-state index in [1.54, 1.807) is 12.3 Å². The fourth-order valence-corrected chi connectivity index (χ4v) is 2.58. The number of para-hydroxylation sites is 1. The van der Waals surface area contributed by atoms with Crippen molar-refractivity contribution in [2.75, 3.05) is 0 Å². The Hall–Kier alpha value is -2.01. The summed E-state index contributed by atoms with van der Waals surface area (Å²) in [5.74, 6) is 0.517. The Balaban J connectivity index is 2.11. The maximum Gasteiger partial charge on any atom is 0.282 e. The van der Waals surface area contributed by atoms with E-state index in [9.17, 15) is 4.79 Å². The summed E-state index contributed by atoms with van der Waals surface area (Å²) in [6.07, 6.45) is 7.04. The van der Waals surface area contributed by atoms with Gasteiger partial charge in [-0.1, -0.05) is 30.7 Å². The Morgan fingerprint density at radius 3 is 2.87 bits per heavy atom. The third kappa shape index (κ3) is 4.73. The summed E-state index contributed by atoms with van der Waals surface area (Å²) in [4.78, 5) is 15.5. The van der Waals surface area contributed by atoms with Gasteiger partial charge in [0.05, 0.1) is 10.9 Å². The minimum Gasteiger partial charge on any atom is -0.330 e. The fourth-order valence-electron chi connectivity index (χ4n) is 2.34. The van der Waals surface area contributed by atoms with Crippen molar-refractivity contribution in [3.63, 3.8) is 0 Å². The summed E-state index contributed by atoms with van der Waals surface area (Å²) in [6.45, 7) is 6.41. The van der Waals surface area contributed by atoms with E-state index < -0.39 is 0 Å². The number of nitrogens with one attached hydrogen (secondary N) is 1. The molecule has 0 unspecified atom stereocenters. The van der Waals surface area contributed by atoms with Gasteiger partial charge in [0.25, 0.3) is 5.56 Å². The zero-order valence-corrected chi connectivity index (χ0v) is 14.7. The van der Waals surface area contributed by atoms with Crippen molar-refractivity contribution in [1.29, 1.82) is 0 Å². The second-order valence-electron chi connectivity index (χ2n) is 6.09. The van der Waals surface area contributed by atoms with Crippen molar-refractivity contribution in [3.05, 3.63) is 51.0 Å². The third-order valence-corrected chi connectivity index (χ3v) is 3.98. The summed E-state index contributed by atoms with van der Waals surface area (Å²) in [5, 5.41) is 4.86. The van der Waals surface area contributed by atoms with Gasteiger partial charge in [-0.15, -0.1) is 0 Å². The number of nitrogens with zero attached hydrogens (tertiary/aromatic N) is 2. The third-order valence-electron chi connectivity index (χ3n) is 3.70. The Labute approximate surface area is 141 Å². The van der Waals surface area contributed by atoms with E-state index in [0.29, 0.717) is 16.1 Å². The number of aromatic amines is 1. The smallest absolute Gasteiger partial charge is 0.282 e. The molecular formula is C18H23N3OS. The molecule has 0 bridgehead atoms. The van der Waals surface area contributed by atoms with E-state index in [1.165, 1.54) is 10.2 Å². The Bertz CT molecular complexity index is 841. The molecular weight excluding hydrogens is 306 g/mol. The standard InChI is InChI=1S/C18H23N3OS/c1-13(2)7-6-8-14(3)11-12-19-21-17(22)15-9-4-5-10-16(15)20-18(21)23/h4-5,7,9-10,12,14H,6,8,11H2,1-3H3,(H,20,23)/b19-12-/t14-/m1/s1. The summed E-state index contributed by atoms with van der Waals surface area (Å²) < 4.78 is 1.59. The average molecular weight is 329 g/mol. The van der Waals surface area contributed by atoms with Crippen molar-refractivity contribution in [2.24, 2.45) is 11.0 Å². The van der Waals surface area contributed by atoms with E-state index in [-0.39, 0.29) is 5.56 Å². The van der Waals surface area contributed by atoms with Gasteiger partial charge in [0.1, 0.15) is 0 Å². The van der Waals surface area contributed by atoms with Crippen molar-refractivity contribution >= 4 is 29.3 Å². The number of aromatic nitrogens is 2. The molecule has 0 aliphatic rings. The lowest BCUT2D eigenvalue weighted by molar-refractivity contribution is 0.561. The molecule has 23 heavy (non-hydrogen) atoms. The van der Waals surface area contributed by atoms with Gasteiger partial charge >= 0.3 is 0 Å². The van der Waals surface area contributed by atoms with Crippen LogP contribution >= 0.6 is 12.2 Å². The molecule has 4 nitrogen and oxygen atoms in total. The zero-order chi connectivity index (χ0) is 16.8. The molecule has 0 amide bonds. The van der Waals surface area contributed by atoms with Gasteiger partial charge in [0.15, 0.2) is 0 Å². The van der Waals surface area contributed by atoms with Crippen LogP contribution in [0, 0.1) is 10.7 Å². The van der Waals surface area contributed by atoms with Crippen molar-refractivity contribution in [1.82, 2.24) is 9.66 Å². The first-order valence-corrected chi connectivity index (χ1v) is 8.30. The van der Waals surface area contributed by atoms with Crippen LogP contribution in [0.15, 0.2) is 45.8 Å². The maximum atomic E-state index is 12.4. The molecule has 122 valence electrons. The molecule has 2 rings (SSSR count). The van der Waals surface area contributed by atoms with Crippen LogP contribution in [0.1, 0.15) is 40.0 Å². The molecule has 2 aromatic rings. The number of allylic oxidation sites excluding steroid dienone is 2. The number of benzene rings is 1. The number of hydrogen-bond donors (Lipinski definition) is 1. The SMILES string of the molecule is CC(C)=CCC[C@@H](C)C/C=N\n1c(=S)[nH]c2ccccc2c1=O. The van der Waals surface area contributed by atoms with Crippen LogP contribution in [0.25, 0.3) is 10.9 Å². The van der Waals surface area contributed by atoms with Crippen molar-refractivity contribution in [2.45, 2.75) is 40.0 Å². The lowest BCUT2D eigenvalue weighted by Gasteiger charge is -2.06. The second-order valence-corrected chi connectivity index (χ2v) is 6.48. The summed E-state index contributed by atoms with van der Waals surface area (Å²) in [6, 6.07) is 7.32. The summed E-state index contributed by atoms with van der Waals surface area (Å²) in [5.41, 5.74) is 1.90. The van der Waals surface area contributed by atoms with Crippen LogP contribution in [0.5, 0.6) is 0 Å². The van der Waals surface area contributed by atoms with Crippen LogP contribution < -0.4 is 5.56 Å². The number of H-pyrrole nitrogens is 1. The van der Waals surface area contributed by atoms with Crippen LogP contribution in [-0.4, -0.2) is 15.9 Å². The molecule has 0 fully saturated rings. The molecule has 0 saturated heterocycles. The van der Waals surface area contributed by atoms with Gasteiger partial charge in [-0.3, -0.25) is 4.79 Å². The van der Waals surface area contributed by atoms with E-state index in [2.05, 4.69) is 36.9 Å². The van der Waals surface area contributed by atoms with Crippen LogP contribution in [-0.2, 0) is 0 Å². The Morgan fingerprint density at radius 2 is 2.13 bits per heavy atom. The van der Waals surface area contributed by atoms with Gasteiger partial charge in [0, 0.05) is 6.21 Å². The predicted octanol–water partition coefficient (Wildman–Crippen LogP) is 4.67. The maximum absolute atomic E-state index is 12.4. The number of fused-ring (bicyclic) bond motifs is 1. The highest BCUT2D eigenvalue weighted by molar-refractivity contribution is 7.71. The minimum atomic E-state index is -0.183. The second kappa shape index (κ2) is 8.02. The zero-order valence-electron chi connectivity index (χ0n) is 13.9. The Kier molecular flexibility index (Phi) is 6.04. The predicted molar refractivity (Wildman–Crippen MR) is 99.7 cm³/mol. The lowest BCUT2D eigenvalue weighted by atomic mass is 10.0. The fraction of sp³-hybridized carbons (Fsp3) is 0.389. The van der Waals surface area contributed by atoms with Crippen LogP contribution in [0.2, 0.25) is 0 Å². The average Bonchev–Trinajstić information content (AvgIpc) is 2.50. The molecule has 5 heteroatoms. The first-order valence-electron chi connectivity index (χ1n) is 7.89. The molecule has 1 atom stereocenters. The highest BCUT2D eigenvalue weighted by atomic mass is 32.1. The minimum absolute atomic E-state index is 0.183. The molecule has 0 spiro atoms. The van der Waals surface area contributed by atoms with Crippen LogP contribution in [0.3, 0.4) is 0 Å². The molecule has 1 N–H and O–H groups in total. The number of rotatable bonds is 6. The molecule has 0 radical (unpaired) electrons.